The Kier molecular flexibility index (Phi) is 6.21. The van der Waals surface area contributed by atoms with E-state index in [4.69, 9.17) is 16.3 Å². The smallest absolute Gasteiger partial charge is 0.315 e. The van der Waals surface area contributed by atoms with Crippen LogP contribution < -0.4 is 15.4 Å². The van der Waals surface area contributed by atoms with Crippen LogP contribution in [0.5, 0.6) is 5.75 Å². The number of hydrogen-bond acceptors (Lipinski definition) is 3. The van der Waals surface area contributed by atoms with E-state index in [1.54, 1.807) is 12.1 Å². The summed E-state index contributed by atoms with van der Waals surface area (Å²) in [5.74, 6) is 0.496. The predicted molar refractivity (Wildman–Crippen MR) is 111 cm³/mol. The van der Waals surface area contributed by atoms with Gasteiger partial charge in [0.05, 0.1) is 17.7 Å². The molecule has 1 saturated heterocycles. The molecule has 2 amide bonds. The molecule has 29 heavy (non-hydrogen) atoms. The van der Waals surface area contributed by atoms with Crippen molar-refractivity contribution in [3.05, 3.63) is 64.4 Å². The summed E-state index contributed by atoms with van der Waals surface area (Å²) in [5, 5.41) is 6.71. The highest BCUT2D eigenvalue weighted by Gasteiger charge is 2.26. The number of likely N-dealkylation sites (tertiary alicyclic amines) is 1. The quantitative estimate of drug-likeness (QED) is 0.781. The number of nitrogens with zero attached hydrogens (tertiary/aromatic N) is 1. The third kappa shape index (κ3) is 4.82. The number of rotatable bonds is 4. The molecule has 2 aliphatic heterocycles. The lowest BCUT2D eigenvalue weighted by atomic mass is 10.0. The molecule has 0 aliphatic carbocycles. The number of halogens is 2. The molecule has 1 atom stereocenters. The summed E-state index contributed by atoms with van der Waals surface area (Å²) in [6, 6.07) is 12.3. The molecule has 1 unspecified atom stereocenters. The number of benzene rings is 2. The highest BCUT2D eigenvalue weighted by Crippen LogP contribution is 2.37. The Hall–Kier alpha value is -2.31. The lowest BCUT2D eigenvalue weighted by molar-refractivity contribution is 0.182. The minimum absolute atomic E-state index is 0.112. The number of amides is 2. The number of urea groups is 1. The lowest BCUT2D eigenvalue weighted by Gasteiger charge is -2.33. The summed E-state index contributed by atoms with van der Waals surface area (Å²) in [6.07, 6.45) is 2.40. The van der Waals surface area contributed by atoms with Gasteiger partial charge >= 0.3 is 6.03 Å². The zero-order valence-corrected chi connectivity index (χ0v) is 16.9. The van der Waals surface area contributed by atoms with E-state index in [0.29, 0.717) is 35.9 Å². The van der Waals surface area contributed by atoms with Crippen molar-refractivity contribution in [3.63, 3.8) is 0 Å². The molecule has 4 rings (SSSR count). The third-order valence-electron chi connectivity index (χ3n) is 5.61. The number of carbonyl (C=O) groups excluding carboxylic acids is 1. The van der Waals surface area contributed by atoms with E-state index in [0.717, 1.165) is 31.5 Å². The Morgan fingerprint density at radius 1 is 1.10 bits per heavy atom. The molecule has 7 heteroatoms. The van der Waals surface area contributed by atoms with Gasteiger partial charge in [0.15, 0.2) is 0 Å². The molecule has 1 fully saturated rings. The molecule has 2 aromatic rings. The van der Waals surface area contributed by atoms with Crippen LogP contribution >= 0.6 is 11.6 Å². The molecule has 2 heterocycles. The molecule has 154 valence electrons. The number of carbonyl (C=O) groups is 1. The molecular formula is C22H25ClFN3O2. The third-order valence-corrected chi connectivity index (χ3v) is 5.90. The molecule has 0 saturated carbocycles. The fraction of sp³-hybridized carbons (Fsp3) is 0.409. The first-order valence-corrected chi connectivity index (χ1v) is 10.4. The first kappa shape index (κ1) is 20.0. The Labute approximate surface area is 175 Å². The fourth-order valence-electron chi connectivity index (χ4n) is 4.02. The minimum atomic E-state index is -0.171. The SMILES string of the molecule is O=C(NC1CCN(Cc2ccccc2F)CC1)NC1CCOc2c(Cl)cccc21. The van der Waals surface area contributed by atoms with Crippen LogP contribution in [0, 0.1) is 5.82 Å². The molecular weight excluding hydrogens is 393 g/mol. The molecule has 0 aromatic heterocycles. The van der Waals surface area contributed by atoms with E-state index in [2.05, 4.69) is 15.5 Å². The topological polar surface area (TPSA) is 53.6 Å². The first-order chi connectivity index (χ1) is 14.1. The van der Waals surface area contributed by atoms with E-state index in [1.807, 2.05) is 24.3 Å². The van der Waals surface area contributed by atoms with Crippen LogP contribution in [0.3, 0.4) is 0 Å². The van der Waals surface area contributed by atoms with Gasteiger partial charge in [-0.3, -0.25) is 4.90 Å². The van der Waals surface area contributed by atoms with Crippen LogP contribution in [0.1, 0.15) is 36.4 Å². The summed E-state index contributed by atoms with van der Waals surface area (Å²) in [5.41, 5.74) is 1.63. The van der Waals surface area contributed by atoms with Crippen LogP contribution in [0.4, 0.5) is 9.18 Å². The second kappa shape index (κ2) is 9.01. The number of para-hydroxylation sites is 1. The number of hydrogen-bond donors (Lipinski definition) is 2. The van der Waals surface area contributed by atoms with Gasteiger partial charge in [-0.25, -0.2) is 9.18 Å². The largest absolute Gasteiger partial charge is 0.492 e. The van der Waals surface area contributed by atoms with Crippen molar-refractivity contribution in [2.24, 2.45) is 0 Å². The van der Waals surface area contributed by atoms with Crippen LogP contribution in [0.2, 0.25) is 5.02 Å². The van der Waals surface area contributed by atoms with E-state index in [-0.39, 0.29) is 23.9 Å². The van der Waals surface area contributed by atoms with Gasteiger partial charge in [0, 0.05) is 43.2 Å². The van der Waals surface area contributed by atoms with E-state index < -0.39 is 0 Å². The van der Waals surface area contributed by atoms with Crippen LogP contribution in [0.15, 0.2) is 42.5 Å². The molecule has 2 aliphatic rings. The fourth-order valence-corrected chi connectivity index (χ4v) is 4.26. The highest BCUT2D eigenvalue weighted by molar-refractivity contribution is 6.32. The van der Waals surface area contributed by atoms with Crippen molar-refractivity contribution in [1.82, 2.24) is 15.5 Å². The van der Waals surface area contributed by atoms with Gasteiger partial charge in [-0.2, -0.15) is 0 Å². The van der Waals surface area contributed by atoms with Crippen molar-refractivity contribution >= 4 is 17.6 Å². The van der Waals surface area contributed by atoms with Crippen molar-refractivity contribution in [3.8, 4) is 5.75 Å². The molecule has 0 bridgehead atoms. The predicted octanol–water partition coefficient (Wildman–Crippen LogP) is 4.27. The average molecular weight is 418 g/mol. The van der Waals surface area contributed by atoms with E-state index in [9.17, 15) is 9.18 Å². The second-order valence-electron chi connectivity index (χ2n) is 7.61. The maximum absolute atomic E-state index is 13.8. The van der Waals surface area contributed by atoms with E-state index >= 15 is 0 Å². The summed E-state index contributed by atoms with van der Waals surface area (Å²) in [4.78, 5) is 14.8. The van der Waals surface area contributed by atoms with E-state index in [1.165, 1.54) is 6.07 Å². The Bertz CT molecular complexity index is 871. The Morgan fingerprint density at radius 2 is 1.90 bits per heavy atom. The summed E-state index contributed by atoms with van der Waals surface area (Å²) in [6.45, 7) is 2.78. The molecule has 0 spiro atoms. The molecule has 2 N–H and O–H groups in total. The molecule has 2 aromatic carbocycles. The maximum Gasteiger partial charge on any atom is 0.315 e. The summed E-state index contributed by atoms with van der Waals surface area (Å²) >= 11 is 6.20. The van der Waals surface area contributed by atoms with Crippen molar-refractivity contribution in [1.29, 1.82) is 0 Å². The van der Waals surface area contributed by atoms with Crippen LogP contribution in [-0.4, -0.2) is 36.7 Å². The zero-order valence-electron chi connectivity index (χ0n) is 16.2. The average Bonchev–Trinajstić information content (AvgIpc) is 2.72. The van der Waals surface area contributed by atoms with Gasteiger partial charge in [0.2, 0.25) is 0 Å². The summed E-state index contributed by atoms with van der Waals surface area (Å²) < 4.78 is 19.5. The van der Waals surface area contributed by atoms with Crippen molar-refractivity contribution in [2.75, 3.05) is 19.7 Å². The molecule has 0 radical (unpaired) electrons. The number of nitrogens with one attached hydrogen (secondary N) is 2. The lowest BCUT2D eigenvalue weighted by Crippen LogP contribution is -2.48. The minimum Gasteiger partial charge on any atom is -0.492 e. The van der Waals surface area contributed by atoms with Gasteiger partial charge in [-0.15, -0.1) is 0 Å². The van der Waals surface area contributed by atoms with Crippen molar-refractivity contribution in [2.45, 2.75) is 37.9 Å². The van der Waals surface area contributed by atoms with Gasteiger partial charge in [0.25, 0.3) is 0 Å². The number of ether oxygens (including phenoxy) is 1. The number of piperidine rings is 1. The van der Waals surface area contributed by atoms with Crippen LogP contribution in [0.25, 0.3) is 0 Å². The maximum atomic E-state index is 13.8. The monoisotopic (exact) mass is 417 g/mol. The Morgan fingerprint density at radius 3 is 2.69 bits per heavy atom. The molecule has 5 nitrogen and oxygen atoms in total. The summed E-state index contributed by atoms with van der Waals surface area (Å²) in [7, 11) is 0. The zero-order chi connectivity index (χ0) is 20.2. The number of fused-ring (bicyclic) bond motifs is 1. The van der Waals surface area contributed by atoms with Crippen LogP contribution in [-0.2, 0) is 6.54 Å². The normalized spacial score (nSPS) is 19.9. The first-order valence-electron chi connectivity index (χ1n) is 10.0. The van der Waals surface area contributed by atoms with Crippen molar-refractivity contribution < 1.29 is 13.9 Å². The standard InChI is InChI=1S/C22H25ClFN3O2/c23-18-6-3-5-17-20(10-13-29-21(17)18)26-22(28)25-16-8-11-27(12-9-16)14-15-4-1-2-7-19(15)24/h1-7,16,20H,8-14H2,(H2,25,26,28). The second-order valence-corrected chi connectivity index (χ2v) is 8.01. The van der Waals surface area contributed by atoms with Gasteiger partial charge in [-0.1, -0.05) is 41.9 Å². The highest BCUT2D eigenvalue weighted by atomic mass is 35.5. The Balaban J connectivity index is 1.27. The van der Waals surface area contributed by atoms with Gasteiger partial charge in [0.1, 0.15) is 11.6 Å². The van der Waals surface area contributed by atoms with Gasteiger partial charge in [-0.05, 0) is 25.0 Å². The van der Waals surface area contributed by atoms with Gasteiger partial charge < -0.3 is 15.4 Å².